The lowest BCUT2D eigenvalue weighted by atomic mass is 10.1. The second-order valence-electron chi connectivity index (χ2n) is 6.12. The molecule has 0 bridgehead atoms. The molecule has 0 saturated heterocycles. The summed E-state index contributed by atoms with van der Waals surface area (Å²) in [5, 5.41) is 5.22. The van der Waals surface area contributed by atoms with Crippen molar-refractivity contribution in [2.75, 3.05) is 6.54 Å². The normalized spacial score (nSPS) is 11.1. The Bertz CT molecular complexity index is 1070. The van der Waals surface area contributed by atoms with Crippen molar-refractivity contribution in [2.45, 2.75) is 13.5 Å². The van der Waals surface area contributed by atoms with Gasteiger partial charge in [0.1, 0.15) is 5.82 Å². The molecule has 0 atom stereocenters. The predicted octanol–water partition coefficient (Wildman–Crippen LogP) is 3.93. The van der Waals surface area contributed by atoms with Crippen LogP contribution in [0.5, 0.6) is 0 Å². The molecule has 0 radical (unpaired) electrons. The maximum absolute atomic E-state index is 12.4. The highest BCUT2D eigenvalue weighted by Crippen LogP contribution is 2.16. The van der Waals surface area contributed by atoms with E-state index in [0.29, 0.717) is 18.7 Å². The number of aromatic nitrogens is 2. The first-order chi connectivity index (χ1) is 12.2. The number of rotatable bonds is 4. The molecule has 4 rings (SSSR count). The van der Waals surface area contributed by atoms with E-state index in [1.165, 1.54) is 0 Å². The average Bonchev–Trinajstić information content (AvgIpc) is 2.96. The van der Waals surface area contributed by atoms with Crippen molar-refractivity contribution in [3.63, 3.8) is 0 Å². The van der Waals surface area contributed by atoms with Crippen molar-refractivity contribution in [3.05, 3.63) is 78.1 Å². The summed E-state index contributed by atoms with van der Waals surface area (Å²) in [4.78, 5) is 17.0. The van der Waals surface area contributed by atoms with Gasteiger partial charge in [0, 0.05) is 18.7 Å². The van der Waals surface area contributed by atoms with Crippen molar-refractivity contribution in [2.24, 2.45) is 0 Å². The highest BCUT2D eigenvalue weighted by Gasteiger charge is 2.08. The van der Waals surface area contributed by atoms with E-state index in [9.17, 15) is 4.79 Å². The summed E-state index contributed by atoms with van der Waals surface area (Å²) in [6.45, 7) is 3.25. The Morgan fingerprint density at radius 3 is 2.64 bits per heavy atom. The summed E-state index contributed by atoms with van der Waals surface area (Å²) in [6.07, 6.45) is 0. The molecule has 25 heavy (non-hydrogen) atoms. The van der Waals surface area contributed by atoms with Crippen LogP contribution < -0.4 is 5.32 Å². The molecule has 0 aliphatic heterocycles. The van der Waals surface area contributed by atoms with Crippen LogP contribution in [0.4, 0.5) is 0 Å². The van der Waals surface area contributed by atoms with E-state index in [2.05, 4.69) is 20.9 Å². The monoisotopic (exact) mass is 329 g/mol. The fourth-order valence-electron chi connectivity index (χ4n) is 3.19. The topological polar surface area (TPSA) is 46.9 Å². The van der Waals surface area contributed by atoms with Gasteiger partial charge in [0.05, 0.1) is 11.0 Å². The van der Waals surface area contributed by atoms with Gasteiger partial charge in [0.2, 0.25) is 0 Å². The van der Waals surface area contributed by atoms with Crippen LogP contribution in [0.25, 0.3) is 21.8 Å². The number of nitrogens with one attached hydrogen (secondary N) is 1. The summed E-state index contributed by atoms with van der Waals surface area (Å²) in [5.41, 5.74) is 2.77. The average molecular weight is 329 g/mol. The molecule has 4 aromatic rings. The maximum Gasteiger partial charge on any atom is 0.251 e. The molecule has 1 aromatic heterocycles. The number of aryl methyl sites for hydroxylation is 1. The van der Waals surface area contributed by atoms with Gasteiger partial charge >= 0.3 is 0 Å². The van der Waals surface area contributed by atoms with E-state index >= 15 is 0 Å². The number of carbonyl (C=O) groups is 1. The van der Waals surface area contributed by atoms with Crippen LogP contribution in [0.15, 0.2) is 66.7 Å². The molecule has 0 unspecified atom stereocenters. The Labute approximate surface area is 146 Å². The van der Waals surface area contributed by atoms with Gasteiger partial charge in [0.15, 0.2) is 0 Å². The molecule has 0 fully saturated rings. The molecule has 0 spiro atoms. The van der Waals surface area contributed by atoms with E-state index in [4.69, 9.17) is 0 Å². The van der Waals surface area contributed by atoms with Crippen LogP contribution in [-0.2, 0) is 6.54 Å². The van der Waals surface area contributed by atoms with E-state index in [0.717, 1.165) is 27.6 Å². The summed E-state index contributed by atoms with van der Waals surface area (Å²) in [7, 11) is 0. The highest BCUT2D eigenvalue weighted by atomic mass is 16.1. The summed E-state index contributed by atoms with van der Waals surface area (Å²) >= 11 is 0. The van der Waals surface area contributed by atoms with Crippen LogP contribution in [0, 0.1) is 6.92 Å². The minimum absolute atomic E-state index is 0.0483. The van der Waals surface area contributed by atoms with Crippen molar-refractivity contribution < 1.29 is 4.79 Å². The first kappa shape index (κ1) is 15.4. The largest absolute Gasteiger partial charge is 0.350 e. The zero-order valence-electron chi connectivity index (χ0n) is 14.1. The van der Waals surface area contributed by atoms with Crippen LogP contribution >= 0.6 is 0 Å². The molecule has 3 aromatic carbocycles. The number of carbonyl (C=O) groups excluding carboxylic acids is 1. The van der Waals surface area contributed by atoms with E-state index in [1.54, 1.807) is 0 Å². The molecule has 1 heterocycles. The van der Waals surface area contributed by atoms with Gasteiger partial charge in [-0.2, -0.15) is 0 Å². The fraction of sp³-hybridized carbons (Fsp3) is 0.143. The number of benzene rings is 3. The molecule has 1 amide bonds. The van der Waals surface area contributed by atoms with Crippen molar-refractivity contribution in [1.29, 1.82) is 0 Å². The minimum atomic E-state index is -0.0483. The van der Waals surface area contributed by atoms with E-state index in [-0.39, 0.29) is 5.91 Å². The predicted molar refractivity (Wildman–Crippen MR) is 101 cm³/mol. The first-order valence-corrected chi connectivity index (χ1v) is 8.41. The molecular weight excluding hydrogens is 310 g/mol. The molecule has 4 heteroatoms. The molecule has 0 aliphatic carbocycles. The summed E-state index contributed by atoms with van der Waals surface area (Å²) < 4.78 is 2.13. The summed E-state index contributed by atoms with van der Waals surface area (Å²) in [6, 6.07) is 21.9. The number of hydrogen-bond acceptors (Lipinski definition) is 2. The SMILES string of the molecule is Cc1nc2ccccc2n1CCNC(=O)c1ccc2ccccc2c1. The number of hydrogen-bond donors (Lipinski definition) is 1. The Hall–Kier alpha value is -3.14. The third kappa shape index (κ3) is 2.98. The number of amides is 1. The number of nitrogens with zero attached hydrogens (tertiary/aromatic N) is 2. The van der Waals surface area contributed by atoms with Gasteiger partial charge in [-0.25, -0.2) is 4.98 Å². The Morgan fingerprint density at radius 1 is 1.00 bits per heavy atom. The van der Waals surface area contributed by atoms with Crippen molar-refractivity contribution in [1.82, 2.24) is 14.9 Å². The molecular formula is C21H19N3O. The molecule has 124 valence electrons. The lowest BCUT2D eigenvalue weighted by Gasteiger charge is -2.09. The van der Waals surface area contributed by atoms with Gasteiger partial charge in [-0.05, 0) is 42.0 Å². The highest BCUT2D eigenvalue weighted by molar-refractivity contribution is 5.98. The third-order valence-corrected chi connectivity index (χ3v) is 4.48. The van der Waals surface area contributed by atoms with Crippen LogP contribution in [0.3, 0.4) is 0 Å². The smallest absolute Gasteiger partial charge is 0.251 e. The number of imidazole rings is 1. The molecule has 1 N–H and O–H groups in total. The van der Waals surface area contributed by atoms with Gasteiger partial charge in [-0.1, -0.05) is 42.5 Å². The van der Waals surface area contributed by atoms with Crippen LogP contribution in [0.1, 0.15) is 16.2 Å². The van der Waals surface area contributed by atoms with Crippen molar-refractivity contribution in [3.8, 4) is 0 Å². The minimum Gasteiger partial charge on any atom is -0.350 e. The lowest BCUT2D eigenvalue weighted by Crippen LogP contribution is -2.27. The van der Waals surface area contributed by atoms with E-state index in [1.807, 2.05) is 67.6 Å². The Kier molecular flexibility index (Phi) is 3.94. The van der Waals surface area contributed by atoms with Crippen molar-refractivity contribution >= 4 is 27.7 Å². The number of fused-ring (bicyclic) bond motifs is 2. The first-order valence-electron chi connectivity index (χ1n) is 8.41. The third-order valence-electron chi connectivity index (χ3n) is 4.48. The standard InChI is InChI=1S/C21H19N3O/c1-15-23-19-8-4-5-9-20(19)24(15)13-12-22-21(25)18-11-10-16-6-2-3-7-17(16)14-18/h2-11,14H,12-13H2,1H3,(H,22,25). The molecule has 0 saturated carbocycles. The second kappa shape index (κ2) is 6.40. The fourth-order valence-corrected chi connectivity index (χ4v) is 3.19. The van der Waals surface area contributed by atoms with Crippen LogP contribution in [-0.4, -0.2) is 22.0 Å². The Balaban J connectivity index is 1.47. The van der Waals surface area contributed by atoms with E-state index < -0.39 is 0 Å². The lowest BCUT2D eigenvalue weighted by molar-refractivity contribution is 0.0952. The zero-order valence-corrected chi connectivity index (χ0v) is 14.1. The Morgan fingerprint density at radius 2 is 1.76 bits per heavy atom. The zero-order chi connectivity index (χ0) is 17.2. The second-order valence-corrected chi connectivity index (χ2v) is 6.12. The molecule has 0 aliphatic rings. The summed E-state index contributed by atoms with van der Waals surface area (Å²) in [5.74, 6) is 0.911. The molecule has 4 nitrogen and oxygen atoms in total. The maximum atomic E-state index is 12.4. The number of para-hydroxylation sites is 2. The quantitative estimate of drug-likeness (QED) is 0.617. The van der Waals surface area contributed by atoms with Gasteiger partial charge in [-0.15, -0.1) is 0 Å². The van der Waals surface area contributed by atoms with Gasteiger partial charge in [-0.3, -0.25) is 4.79 Å². The van der Waals surface area contributed by atoms with Gasteiger partial charge in [0.25, 0.3) is 5.91 Å². The van der Waals surface area contributed by atoms with Crippen LogP contribution in [0.2, 0.25) is 0 Å². The van der Waals surface area contributed by atoms with Gasteiger partial charge < -0.3 is 9.88 Å².